The minimum atomic E-state index is -0.469. The van der Waals surface area contributed by atoms with Crippen LogP contribution in [0.4, 0.5) is 4.79 Å². The Kier molecular flexibility index (Phi) is 4.54. The molecule has 0 spiro atoms. The van der Waals surface area contributed by atoms with Gasteiger partial charge in [-0.15, -0.1) is 0 Å². The first-order chi connectivity index (χ1) is 8.33. The third-order valence-electron chi connectivity index (χ3n) is 2.39. The van der Waals surface area contributed by atoms with E-state index in [0.717, 1.165) is 11.1 Å². The zero-order valence-corrected chi connectivity index (χ0v) is 11.6. The zero-order valence-electron chi connectivity index (χ0n) is 11.6. The fraction of sp³-hybridized carbons (Fsp3) is 0.400. The molecular formula is C15H21NO2. The normalized spacial score (nSPS) is 10.9. The molecule has 0 aliphatic rings. The monoisotopic (exact) mass is 247 g/mol. The molecule has 0 aliphatic heterocycles. The van der Waals surface area contributed by atoms with Crippen molar-refractivity contribution in [3.05, 3.63) is 42.0 Å². The molecule has 0 bridgehead atoms. The molecule has 0 saturated carbocycles. The summed E-state index contributed by atoms with van der Waals surface area (Å²) in [4.78, 5) is 13.4. The van der Waals surface area contributed by atoms with Gasteiger partial charge in [0.25, 0.3) is 0 Å². The molecule has 3 heteroatoms. The maximum Gasteiger partial charge on any atom is 0.410 e. The molecule has 1 amide bonds. The van der Waals surface area contributed by atoms with Crippen LogP contribution in [0.3, 0.4) is 0 Å². The second-order valence-corrected chi connectivity index (χ2v) is 5.24. The first kappa shape index (κ1) is 14.3. The van der Waals surface area contributed by atoms with Crippen molar-refractivity contribution in [3.8, 4) is 0 Å². The number of amides is 1. The highest BCUT2D eigenvalue weighted by Gasteiger charge is 2.19. The quantitative estimate of drug-likeness (QED) is 0.815. The lowest BCUT2D eigenvalue weighted by molar-refractivity contribution is 0.0285. The maximum absolute atomic E-state index is 11.8. The van der Waals surface area contributed by atoms with Crippen LogP contribution in [0.2, 0.25) is 0 Å². The van der Waals surface area contributed by atoms with E-state index in [2.05, 4.69) is 6.58 Å². The van der Waals surface area contributed by atoms with Crippen molar-refractivity contribution in [1.82, 2.24) is 4.90 Å². The van der Waals surface area contributed by atoms with Crippen molar-refractivity contribution < 1.29 is 9.53 Å². The van der Waals surface area contributed by atoms with Gasteiger partial charge in [0.2, 0.25) is 0 Å². The summed E-state index contributed by atoms with van der Waals surface area (Å²) in [6.07, 6.45) is 1.47. The molecule has 98 valence electrons. The van der Waals surface area contributed by atoms with Gasteiger partial charge in [0.05, 0.1) is 0 Å². The predicted octanol–water partition coefficient (Wildman–Crippen LogP) is 3.70. The fourth-order valence-electron chi connectivity index (χ4n) is 1.54. The van der Waals surface area contributed by atoms with Gasteiger partial charge in [0.1, 0.15) is 5.60 Å². The Morgan fingerprint density at radius 3 is 2.56 bits per heavy atom. The molecule has 0 radical (unpaired) electrons. The van der Waals surface area contributed by atoms with Crippen LogP contribution in [0.15, 0.2) is 30.8 Å². The number of carbonyl (C=O) groups excluding carboxylic acids is 1. The van der Waals surface area contributed by atoms with Gasteiger partial charge in [-0.25, -0.2) is 4.79 Å². The van der Waals surface area contributed by atoms with Crippen molar-refractivity contribution in [3.63, 3.8) is 0 Å². The standard InChI is InChI=1S/C15H21NO2/c1-6-12-9-7-8-10-13(12)11-16(5)14(17)18-15(2,3)4/h6-10H,1,11H2,2-5H3. The lowest BCUT2D eigenvalue weighted by atomic mass is 10.1. The predicted molar refractivity (Wildman–Crippen MR) is 74.2 cm³/mol. The van der Waals surface area contributed by atoms with E-state index < -0.39 is 5.60 Å². The number of benzene rings is 1. The van der Waals surface area contributed by atoms with Crippen LogP contribution >= 0.6 is 0 Å². The molecule has 0 atom stereocenters. The first-order valence-corrected chi connectivity index (χ1v) is 5.98. The lowest BCUT2D eigenvalue weighted by Gasteiger charge is -2.25. The van der Waals surface area contributed by atoms with Gasteiger partial charge in [0.15, 0.2) is 0 Å². The number of rotatable bonds is 3. The second kappa shape index (κ2) is 5.71. The highest BCUT2D eigenvalue weighted by atomic mass is 16.6. The minimum absolute atomic E-state index is 0.318. The lowest BCUT2D eigenvalue weighted by Crippen LogP contribution is -2.33. The van der Waals surface area contributed by atoms with E-state index in [0.29, 0.717) is 6.54 Å². The summed E-state index contributed by atoms with van der Waals surface area (Å²) in [6.45, 7) is 9.85. The molecule has 3 nitrogen and oxygen atoms in total. The van der Waals surface area contributed by atoms with Crippen molar-refractivity contribution in [2.75, 3.05) is 7.05 Å². The fourth-order valence-corrected chi connectivity index (χ4v) is 1.54. The summed E-state index contributed by atoms with van der Waals surface area (Å²) in [5, 5.41) is 0. The summed E-state index contributed by atoms with van der Waals surface area (Å²) < 4.78 is 5.31. The molecule has 0 aliphatic carbocycles. The van der Waals surface area contributed by atoms with Gasteiger partial charge in [0, 0.05) is 13.6 Å². The molecule has 0 unspecified atom stereocenters. The molecule has 0 fully saturated rings. The maximum atomic E-state index is 11.8. The van der Waals surface area contributed by atoms with E-state index in [4.69, 9.17) is 4.74 Å². The highest BCUT2D eigenvalue weighted by molar-refractivity contribution is 5.68. The van der Waals surface area contributed by atoms with Crippen LogP contribution in [0, 0.1) is 0 Å². The van der Waals surface area contributed by atoms with Crippen LogP contribution in [-0.2, 0) is 11.3 Å². The summed E-state index contributed by atoms with van der Waals surface area (Å²) >= 11 is 0. The van der Waals surface area contributed by atoms with Crippen molar-refractivity contribution in [2.24, 2.45) is 0 Å². The Balaban J connectivity index is 2.72. The number of nitrogens with zero attached hydrogens (tertiary/aromatic N) is 1. The van der Waals surface area contributed by atoms with Crippen molar-refractivity contribution in [1.29, 1.82) is 0 Å². The van der Waals surface area contributed by atoms with Gasteiger partial charge in [-0.3, -0.25) is 0 Å². The molecule has 0 saturated heterocycles. The third kappa shape index (κ3) is 4.24. The number of ether oxygens (including phenoxy) is 1. The average Bonchev–Trinajstić information content (AvgIpc) is 2.27. The Morgan fingerprint density at radius 1 is 1.39 bits per heavy atom. The molecule has 1 rings (SSSR count). The van der Waals surface area contributed by atoms with E-state index in [1.54, 1.807) is 18.0 Å². The summed E-state index contributed by atoms with van der Waals surface area (Å²) in [6, 6.07) is 7.86. The van der Waals surface area contributed by atoms with Crippen LogP contribution < -0.4 is 0 Å². The third-order valence-corrected chi connectivity index (χ3v) is 2.39. The first-order valence-electron chi connectivity index (χ1n) is 5.98. The Hall–Kier alpha value is -1.77. The van der Waals surface area contributed by atoms with E-state index in [1.807, 2.05) is 45.0 Å². The molecular weight excluding hydrogens is 226 g/mol. The molecule has 0 N–H and O–H groups in total. The topological polar surface area (TPSA) is 29.5 Å². The average molecular weight is 247 g/mol. The second-order valence-electron chi connectivity index (χ2n) is 5.24. The minimum Gasteiger partial charge on any atom is -0.444 e. The molecule has 18 heavy (non-hydrogen) atoms. The van der Waals surface area contributed by atoms with E-state index in [-0.39, 0.29) is 6.09 Å². The van der Waals surface area contributed by atoms with Gasteiger partial charge in [-0.1, -0.05) is 36.9 Å². The Morgan fingerprint density at radius 2 is 2.00 bits per heavy atom. The van der Waals surface area contributed by atoms with E-state index in [9.17, 15) is 4.79 Å². The molecule has 1 aromatic carbocycles. The van der Waals surface area contributed by atoms with E-state index in [1.165, 1.54) is 0 Å². The zero-order chi connectivity index (χ0) is 13.8. The van der Waals surface area contributed by atoms with Gasteiger partial charge in [-0.05, 0) is 31.9 Å². The molecule has 0 aromatic heterocycles. The Labute approximate surface area is 109 Å². The van der Waals surface area contributed by atoms with Gasteiger partial charge >= 0.3 is 6.09 Å². The van der Waals surface area contributed by atoms with Gasteiger partial charge in [-0.2, -0.15) is 0 Å². The van der Waals surface area contributed by atoms with Crippen LogP contribution in [-0.4, -0.2) is 23.6 Å². The van der Waals surface area contributed by atoms with Crippen LogP contribution in [0.1, 0.15) is 31.9 Å². The molecule has 0 heterocycles. The van der Waals surface area contributed by atoms with Crippen LogP contribution in [0.5, 0.6) is 0 Å². The number of hydrogen-bond donors (Lipinski definition) is 0. The summed E-state index contributed by atoms with van der Waals surface area (Å²) in [5.74, 6) is 0. The number of hydrogen-bond acceptors (Lipinski definition) is 2. The molecule has 1 aromatic rings. The smallest absolute Gasteiger partial charge is 0.410 e. The van der Waals surface area contributed by atoms with Crippen LogP contribution in [0.25, 0.3) is 6.08 Å². The van der Waals surface area contributed by atoms with Gasteiger partial charge < -0.3 is 9.64 Å². The largest absolute Gasteiger partial charge is 0.444 e. The van der Waals surface area contributed by atoms with Crippen molar-refractivity contribution in [2.45, 2.75) is 32.9 Å². The summed E-state index contributed by atoms with van der Waals surface area (Å²) in [5.41, 5.74) is 1.62. The number of carbonyl (C=O) groups is 1. The summed E-state index contributed by atoms with van der Waals surface area (Å²) in [7, 11) is 1.73. The van der Waals surface area contributed by atoms with E-state index >= 15 is 0 Å². The SMILES string of the molecule is C=Cc1ccccc1CN(C)C(=O)OC(C)(C)C. The highest BCUT2D eigenvalue weighted by Crippen LogP contribution is 2.14. The Bertz CT molecular complexity index is 432. The van der Waals surface area contributed by atoms with Crippen molar-refractivity contribution >= 4 is 12.2 Å².